The number of esters is 2. The summed E-state index contributed by atoms with van der Waals surface area (Å²) in [5.74, 6) is -3.37. The number of rotatable bonds is 10. The van der Waals surface area contributed by atoms with Gasteiger partial charge in [-0.3, -0.25) is 4.79 Å². The van der Waals surface area contributed by atoms with Gasteiger partial charge in [0.2, 0.25) is 6.29 Å². The third-order valence-electron chi connectivity index (χ3n) is 6.32. The van der Waals surface area contributed by atoms with Crippen molar-refractivity contribution in [1.82, 2.24) is 0 Å². The van der Waals surface area contributed by atoms with Gasteiger partial charge in [0.15, 0.2) is 6.29 Å². The van der Waals surface area contributed by atoms with Crippen molar-refractivity contribution in [3.8, 4) is 5.75 Å². The van der Waals surface area contributed by atoms with E-state index in [1.54, 1.807) is 12.1 Å². The number of aliphatic hydroxyl groups excluding tert-OH is 5. The first-order valence-corrected chi connectivity index (χ1v) is 11.6. The first-order valence-electron chi connectivity index (χ1n) is 11.6. The first-order chi connectivity index (χ1) is 17.7. The normalized spacial score (nSPS) is 31.7. The van der Waals surface area contributed by atoms with E-state index in [1.807, 2.05) is 0 Å². The number of hydrogen-bond acceptors (Lipinski definition) is 13. The van der Waals surface area contributed by atoms with Crippen LogP contribution in [0.1, 0.15) is 12.0 Å². The zero-order valence-corrected chi connectivity index (χ0v) is 20.1. The van der Waals surface area contributed by atoms with Gasteiger partial charge in [-0.1, -0.05) is 12.1 Å². The molecule has 13 heteroatoms. The van der Waals surface area contributed by atoms with Crippen LogP contribution >= 0.6 is 0 Å². The predicted molar refractivity (Wildman–Crippen MR) is 121 cm³/mol. The van der Waals surface area contributed by atoms with Crippen LogP contribution in [0, 0.1) is 11.8 Å². The van der Waals surface area contributed by atoms with Crippen LogP contribution in [-0.4, -0.2) is 107 Å². The van der Waals surface area contributed by atoms with E-state index in [1.165, 1.54) is 12.1 Å². The molecule has 0 amide bonds. The van der Waals surface area contributed by atoms with E-state index in [0.717, 1.165) is 18.9 Å². The van der Waals surface area contributed by atoms with Crippen LogP contribution in [0.5, 0.6) is 5.75 Å². The molecule has 2 heterocycles. The van der Waals surface area contributed by atoms with Crippen LogP contribution in [-0.2, 0) is 39.7 Å². The second-order valence-corrected chi connectivity index (χ2v) is 8.70. The molecule has 0 aromatic heterocycles. The van der Waals surface area contributed by atoms with Gasteiger partial charge in [-0.15, -0.1) is 0 Å². The van der Waals surface area contributed by atoms with Gasteiger partial charge in [0.1, 0.15) is 30.2 Å². The molecule has 13 nitrogen and oxygen atoms in total. The second kappa shape index (κ2) is 13.1. The summed E-state index contributed by atoms with van der Waals surface area (Å²) < 4.78 is 26.4. The molecule has 1 fully saturated rings. The molecular formula is C24H32O13. The minimum absolute atomic E-state index is 0.0265. The summed E-state index contributed by atoms with van der Waals surface area (Å²) in [6, 6.07) is 6.38. The van der Waals surface area contributed by atoms with E-state index in [4.69, 9.17) is 23.7 Å². The number of phenols is 1. The van der Waals surface area contributed by atoms with Crippen molar-refractivity contribution in [1.29, 1.82) is 0 Å². The summed E-state index contributed by atoms with van der Waals surface area (Å²) in [5, 5.41) is 59.1. The van der Waals surface area contributed by atoms with Gasteiger partial charge in [0.25, 0.3) is 0 Å². The van der Waals surface area contributed by atoms with Crippen molar-refractivity contribution < 1.29 is 63.9 Å². The maximum absolute atomic E-state index is 12.6. The molecule has 0 saturated carbocycles. The van der Waals surface area contributed by atoms with Crippen molar-refractivity contribution in [2.24, 2.45) is 11.8 Å². The standard InChI is InChI=1S/C24H32O13/c1-33-22(32)16-11-35-23(37-24-21(31)20(30)19(29)17(10-26)36-24)15(9-25)14(16)8-18(28)34-7-6-12-2-4-13(27)5-3-12/h2-5,11,14-15,17,19-21,23-27,29-31H,6-10H2,1H3. The Morgan fingerprint density at radius 3 is 2.30 bits per heavy atom. The molecular weight excluding hydrogens is 496 g/mol. The Balaban J connectivity index is 1.69. The lowest BCUT2D eigenvalue weighted by Gasteiger charge is -2.43. The second-order valence-electron chi connectivity index (χ2n) is 8.70. The van der Waals surface area contributed by atoms with E-state index in [9.17, 15) is 40.2 Å². The zero-order chi connectivity index (χ0) is 27.1. The Kier molecular flexibility index (Phi) is 10.2. The fourth-order valence-corrected chi connectivity index (χ4v) is 4.17. The van der Waals surface area contributed by atoms with E-state index in [-0.39, 0.29) is 24.4 Å². The van der Waals surface area contributed by atoms with Gasteiger partial charge in [0.05, 0.1) is 51.1 Å². The summed E-state index contributed by atoms with van der Waals surface area (Å²) in [7, 11) is 1.14. The van der Waals surface area contributed by atoms with Gasteiger partial charge in [-0.2, -0.15) is 0 Å². The number of aliphatic hydroxyl groups is 5. The number of benzene rings is 1. The Morgan fingerprint density at radius 2 is 1.68 bits per heavy atom. The van der Waals surface area contributed by atoms with Crippen molar-refractivity contribution in [2.45, 2.75) is 49.8 Å². The SMILES string of the molecule is COC(=O)C1=COC(OC2OC(CO)C(O)C(O)C2O)C(CO)C1CC(=O)OCCc1ccc(O)cc1. The van der Waals surface area contributed by atoms with Crippen LogP contribution in [0.2, 0.25) is 0 Å². The first kappa shape index (κ1) is 28.8. The topological polar surface area (TPSA) is 202 Å². The lowest BCUT2D eigenvalue weighted by atomic mass is 9.82. The highest BCUT2D eigenvalue weighted by atomic mass is 16.8. The number of aromatic hydroxyl groups is 1. The molecule has 2 aliphatic rings. The van der Waals surface area contributed by atoms with E-state index in [2.05, 4.69) is 0 Å². The minimum atomic E-state index is -1.73. The Morgan fingerprint density at radius 1 is 0.973 bits per heavy atom. The fourth-order valence-electron chi connectivity index (χ4n) is 4.17. The maximum Gasteiger partial charge on any atom is 0.337 e. The van der Waals surface area contributed by atoms with E-state index < -0.39 is 74.0 Å². The summed E-state index contributed by atoms with van der Waals surface area (Å²) in [6.45, 7) is -1.27. The number of methoxy groups -OCH3 is 1. The number of hydrogen-bond donors (Lipinski definition) is 6. The molecule has 0 spiro atoms. The molecule has 206 valence electrons. The molecule has 0 bridgehead atoms. The molecule has 3 rings (SSSR count). The van der Waals surface area contributed by atoms with Crippen LogP contribution in [0.4, 0.5) is 0 Å². The highest BCUT2D eigenvalue weighted by Gasteiger charge is 2.48. The average Bonchev–Trinajstić information content (AvgIpc) is 2.89. The summed E-state index contributed by atoms with van der Waals surface area (Å²) >= 11 is 0. The molecule has 1 aromatic rings. The van der Waals surface area contributed by atoms with Gasteiger partial charge in [0, 0.05) is 12.3 Å². The third-order valence-corrected chi connectivity index (χ3v) is 6.32. The Hall–Kier alpha value is -2.78. The molecule has 8 unspecified atom stereocenters. The molecule has 37 heavy (non-hydrogen) atoms. The van der Waals surface area contributed by atoms with Crippen molar-refractivity contribution in [3.05, 3.63) is 41.7 Å². The van der Waals surface area contributed by atoms with Crippen LogP contribution in [0.3, 0.4) is 0 Å². The van der Waals surface area contributed by atoms with Crippen molar-refractivity contribution in [2.75, 3.05) is 26.9 Å². The Bertz CT molecular complexity index is 931. The maximum atomic E-state index is 12.6. The summed E-state index contributed by atoms with van der Waals surface area (Å²) in [4.78, 5) is 25.0. The number of ether oxygens (including phenoxy) is 5. The average molecular weight is 529 g/mol. The van der Waals surface area contributed by atoms with Crippen molar-refractivity contribution >= 4 is 11.9 Å². The highest BCUT2D eigenvalue weighted by molar-refractivity contribution is 5.89. The van der Waals surface area contributed by atoms with Crippen LogP contribution in [0.15, 0.2) is 36.1 Å². The van der Waals surface area contributed by atoms with Gasteiger partial charge in [-0.05, 0) is 17.7 Å². The molecule has 1 saturated heterocycles. The fraction of sp³-hybridized carbons (Fsp3) is 0.583. The zero-order valence-electron chi connectivity index (χ0n) is 20.1. The largest absolute Gasteiger partial charge is 0.508 e. The molecule has 8 atom stereocenters. The molecule has 0 aliphatic carbocycles. The smallest absolute Gasteiger partial charge is 0.337 e. The number of carbonyl (C=O) groups is 2. The Labute approximate surface area is 212 Å². The number of carbonyl (C=O) groups excluding carboxylic acids is 2. The number of phenolic OH excluding ortho intramolecular Hbond substituents is 1. The molecule has 0 radical (unpaired) electrons. The summed E-state index contributed by atoms with van der Waals surface area (Å²) in [6.07, 6.45) is -8.14. The highest BCUT2D eigenvalue weighted by Crippen LogP contribution is 2.36. The van der Waals surface area contributed by atoms with Crippen LogP contribution < -0.4 is 0 Å². The lowest BCUT2D eigenvalue weighted by Crippen LogP contribution is -2.60. The minimum Gasteiger partial charge on any atom is -0.508 e. The lowest BCUT2D eigenvalue weighted by molar-refractivity contribution is -0.342. The van der Waals surface area contributed by atoms with Gasteiger partial charge < -0.3 is 54.3 Å². The van der Waals surface area contributed by atoms with E-state index >= 15 is 0 Å². The van der Waals surface area contributed by atoms with Gasteiger partial charge in [-0.25, -0.2) is 4.79 Å². The quantitative estimate of drug-likeness (QED) is 0.188. The third kappa shape index (κ3) is 6.96. The van der Waals surface area contributed by atoms with Crippen LogP contribution in [0.25, 0.3) is 0 Å². The van der Waals surface area contributed by atoms with Gasteiger partial charge >= 0.3 is 11.9 Å². The predicted octanol–water partition coefficient (Wildman–Crippen LogP) is -1.68. The summed E-state index contributed by atoms with van der Waals surface area (Å²) in [5.41, 5.74) is 0.777. The molecule has 6 N–H and O–H groups in total. The van der Waals surface area contributed by atoms with Crippen molar-refractivity contribution in [3.63, 3.8) is 0 Å². The van der Waals surface area contributed by atoms with E-state index in [0.29, 0.717) is 6.42 Å². The molecule has 1 aromatic carbocycles. The monoisotopic (exact) mass is 528 g/mol. The molecule has 2 aliphatic heterocycles.